The van der Waals surface area contributed by atoms with Gasteiger partial charge < -0.3 is 16.4 Å². The molecule has 1 aliphatic heterocycles. The zero-order chi connectivity index (χ0) is 17.4. The summed E-state index contributed by atoms with van der Waals surface area (Å²) in [5.74, 6) is 0.298. The Kier molecular flexibility index (Phi) is 7.21. The van der Waals surface area contributed by atoms with E-state index >= 15 is 0 Å². The SMILES string of the molecule is CC1CCN(Cc2ccc(CNC(=O)CNC(=O)CN)cc2)CC1. The Labute approximate surface area is 143 Å². The van der Waals surface area contributed by atoms with Crippen molar-refractivity contribution in [3.8, 4) is 0 Å². The molecule has 132 valence electrons. The summed E-state index contributed by atoms with van der Waals surface area (Å²) in [6.07, 6.45) is 2.57. The number of piperidine rings is 1. The van der Waals surface area contributed by atoms with Crippen LogP contribution < -0.4 is 16.4 Å². The van der Waals surface area contributed by atoms with E-state index in [1.807, 2.05) is 12.1 Å². The largest absolute Gasteiger partial charge is 0.350 e. The molecule has 24 heavy (non-hydrogen) atoms. The first-order valence-electron chi connectivity index (χ1n) is 8.60. The first kappa shape index (κ1) is 18.4. The molecule has 0 spiro atoms. The maximum atomic E-state index is 11.6. The zero-order valence-electron chi connectivity index (χ0n) is 14.4. The van der Waals surface area contributed by atoms with Gasteiger partial charge in [0, 0.05) is 13.1 Å². The number of nitrogens with one attached hydrogen (secondary N) is 2. The number of likely N-dealkylation sites (tertiary alicyclic amines) is 1. The minimum Gasteiger partial charge on any atom is -0.350 e. The molecule has 2 amide bonds. The number of nitrogens with zero attached hydrogens (tertiary/aromatic N) is 1. The number of amides is 2. The van der Waals surface area contributed by atoms with Gasteiger partial charge in [-0.25, -0.2) is 0 Å². The summed E-state index contributed by atoms with van der Waals surface area (Å²) in [5.41, 5.74) is 7.51. The van der Waals surface area contributed by atoms with E-state index in [9.17, 15) is 9.59 Å². The quantitative estimate of drug-likeness (QED) is 0.683. The Balaban J connectivity index is 1.71. The van der Waals surface area contributed by atoms with Crippen molar-refractivity contribution < 1.29 is 9.59 Å². The topological polar surface area (TPSA) is 87.5 Å². The molecule has 0 bridgehead atoms. The highest BCUT2D eigenvalue weighted by Gasteiger charge is 2.15. The van der Waals surface area contributed by atoms with Gasteiger partial charge in [0.2, 0.25) is 11.8 Å². The third-order valence-electron chi connectivity index (χ3n) is 4.43. The highest BCUT2D eigenvalue weighted by atomic mass is 16.2. The first-order valence-corrected chi connectivity index (χ1v) is 8.60. The van der Waals surface area contributed by atoms with E-state index in [1.165, 1.54) is 31.5 Å². The molecule has 6 heteroatoms. The molecule has 1 heterocycles. The lowest BCUT2D eigenvalue weighted by atomic mass is 9.99. The number of hydrogen-bond acceptors (Lipinski definition) is 4. The van der Waals surface area contributed by atoms with Crippen LogP contribution in [-0.2, 0) is 22.7 Å². The second-order valence-electron chi connectivity index (χ2n) is 6.53. The van der Waals surface area contributed by atoms with Crippen molar-refractivity contribution >= 4 is 11.8 Å². The van der Waals surface area contributed by atoms with E-state index in [4.69, 9.17) is 5.73 Å². The van der Waals surface area contributed by atoms with Gasteiger partial charge in [0.1, 0.15) is 0 Å². The van der Waals surface area contributed by atoms with Gasteiger partial charge in [-0.2, -0.15) is 0 Å². The van der Waals surface area contributed by atoms with Crippen LogP contribution in [0.5, 0.6) is 0 Å². The van der Waals surface area contributed by atoms with E-state index in [2.05, 4.69) is 34.6 Å². The molecule has 2 rings (SSSR count). The summed E-state index contributed by atoms with van der Waals surface area (Å²) in [6, 6.07) is 8.33. The predicted molar refractivity (Wildman–Crippen MR) is 94.0 cm³/mol. The minimum absolute atomic E-state index is 0.0402. The second kappa shape index (κ2) is 9.39. The lowest BCUT2D eigenvalue weighted by Crippen LogP contribution is -2.39. The van der Waals surface area contributed by atoms with E-state index in [-0.39, 0.29) is 24.9 Å². The fourth-order valence-electron chi connectivity index (χ4n) is 2.76. The third-order valence-corrected chi connectivity index (χ3v) is 4.43. The first-order chi connectivity index (χ1) is 11.6. The lowest BCUT2D eigenvalue weighted by molar-refractivity contribution is -0.125. The van der Waals surface area contributed by atoms with Gasteiger partial charge in [-0.3, -0.25) is 14.5 Å². The summed E-state index contributed by atoms with van der Waals surface area (Å²) < 4.78 is 0. The number of carbonyl (C=O) groups is 2. The molecular weight excluding hydrogens is 304 g/mol. The molecule has 0 aliphatic carbocycles. The Morgan fingerprint density at radius 1 is 1.08 bits per heavy atom. The maximum absolute atomic E-state index is 11.6. The Bertz CT molecular complexity index is 536. The molecule has 0 saturated carbocycles. The monoisotopic (exact) mass is 332 g/mol. The van der Waals surface area contributed by atoms with Crippen LogP contribution in [0.25, 0.3) is 0 Å². The molecule has 1 fully saturated rings. The predicted octanol–water partition coefficient (Wildman–Crippen LogP) is 0.610. The summed E-state index contributed by atoms with van der Waals surface area (Å²) >= 11 is 0. The molecular formula is C18H28N4O2. The van der Waals surface area contributed by atoms with Crippen LogP contribution in [-0.4, -0.2) is 42.9 Å². The Morgan fingerprint density at radius 3 is 2.33 bits per heavy atom. The standard InChI is InChI=1S/C18H28N4O2/c1-14-6-8-22(9-7-14)13-16-4-2-15(3-5-16)11-20-18(24)12-21-17(23)10-19/h2-5,14H,6-13,19H2,1H3,(H,20,24)(H,21,23). The molecule has 1 aliphatic rings. The number of rotatable bonds is 7. The van der Waals surface area contributed by atoms with Crippen molar-refractivity contribution in [3.63, 3.8) is 0 Å². The van der Waals surface area contributed by atoms with Crippen molar-refractivity contribution in [3.05, 3.63) is 35.4 Å². The normalized spacial score (nSPS) is 15.9. The van der Waals surface area contributed by atoms with Gasteiger partial charge in [-0.1, -0.05) is 31.2 Å². The smallest absolute Gasteiger partial charge is 0.239 e. The summed E-state index contributed by atoms with van der Waals surface area (Å²) in [7, 11) is 0. The lowest BCUT2D eigenvalue weighted by Gasteiger charge is -2.30. The van der Waals surface area contributed by atoms with Crippen molar-refractivity contribution in [1.29, 1.82) is 0 Å². The van der Waals surface area contributed by atoms with Crippen LogP contribution in [0.4, 0.5) is 0 Å². The van der Waals surface area contributed by atoms with Gasteiger partial charge in [0.25, 0.3) is 0 Å². The van der Waals surface area contributed by atoms with Gasteiger partial charge in [0.15, 0.2) is 0 Å². The summed E-state index contributed by atoms with van der Waals surface area (Å²) in [6.45, 7) is 5.97. The van der Waals surface area contributed by atoms with E-state index in [0.717, 1.165) is 18.0 Å². The number of hydrogen-bond donors (Lipinski definition) is 3. The summed E-state index contributed by atoms with van der Waals surface area (Å²) in [5, 5.41) is 5.22. The molecule has 0 unspecified atom stereocenters. The Morgan fingerprint density at radius 2 is 1.71 bits per heavy atom. The van der Waals surface area contributed by atoms with Gasteiger partial charge >= 0.3 is 0 Å². The molecule has 1 saturated heterocycles. The van der Waals surface area contributed by atoms with Crippen LogP contribution in [0.2, 0.25) is 0 Å². The molecule has 4 N–H and O–H groups in total. The summed E-state index contributed by atoms with van der Waals surface area (Å²) in [4.78, 5) is 25.1. The molecule has 0 atom stereocenters. The van der Waals surface area contributed by atoms with Crippen LogP contribution in [0.3, 0.4) is 0 Å². The van der Waals surface area contributed by atoms with E-state index in [1.54, 1.807) is 0 Å². The highest BCUT2D eigenvalue weighted by Crippen LogP contribution is 2.18. The van der Waals surface area contributed by atoms with Gasteiger partial charge in [-0.15, -0.1) is 0 Å². The van der Waals surface area contributed by atoms with Crippen LogP contribution in [0, 0.1) is 5.92 Å². The van der Waals surface area contributed by atoms with Gasteiger partial charge in [-0.05, 0) is 43.0 Å². The molecule has 0 radical (unpaired) electrons. The minimum atomic E-state index is -0.332. The third kappa shape index (κ3) is 6.29. The van der Waals surface area contributed by atoms with Crippen molar-refractivity contribution in [2.24, 2.45) is 11.7 Å². The van der Waals surface area contributed by atoms with E-state index < -0.39 is 0 Å². The molecule has 0 aromatic heterocycles. The van der Waals surface area contributed by atoms with E-state index in [0.29, 0.717) is 6.54 Å². The van der Waals surface area contributed by atoms with Crippen LogP contribution in [0.15, 0.2) is 24.3 Å². The van der Waals surface area contributed by atoms with Crippen LogP contribution >= 0.6 is 0 Å². The van der Waals surface area contributed by atoms with Crippen LogP contribution in [0.1, 0.15) is 30.9 Å². The fourth-order valence-corrected chi connectivity index (χ4v) is 2.76. The number of carbonyl (C=O) groups excluding carboxylic acids is 2. The molecule has 1 aromatic rings. The molecule has 6 nitrogen and oxygen atoms in total. The average molecular weight is 332 g/mol. The highest BCUT2D eigenvalue weighted by molar-refractivity contribution is 5.85. The van der Waals surface area contributed by atoms with Gasteiger partial charge in [0.05, 0.1) is 13.1 Å². The fraction of sp³-hybridized carbons (Fsp3) is 0.556. The number of benzene rings is 1. The number of nitrogens with two attached hydrogens (primary N) is 1. The Hall–Kier alpha value is -1.92. The average Bonchev–Trinajstić information content (AvgIpc) is 2.61. The van der Waals surface area contributed by atoms with Crippen molar-refractivity contribution in [2.45, 2.75) is 32.9 Å². The van der Waals surface area contributed by atoms with Crippen molar-refractivity contribution in [2.75, 3.05) is 26.2 Å². The van der Waals surface area contributed by atoms with Crippen molar-refractivity contribution in [1.82, 2.24) is 15.5 Å². The molecule has 1 aromatic carbocycles. The maximum Gasteiger partial charge on any atom is 0.239 e. The second-order valence-corrected chi connectivity index (χ2v) is 6.53. The zero-order valence-corrected chi connectivity index (χ0v) is 14.4.